The van der Waals surface area contributed by atoms with E-state index >= 15 is 0 Å². The zero-order valence-electron chi connectivity index (χ0n) is 9.34. The zero-order valence-corrected chi connectivity index (χ0v) is 10.2. The average Bonchev–Trinajstić information content (AvgIpc) is 2.74. The van der Waals surface area contributed by atoms with E-state index in [1.54, 1.807) is 0 Å². The highest BCUT2D eigenvalue weighted by Gasteiger charge is 2.12. The Hall–Kier alpha value is -2.23. The van der Waals surface area contributed by atoms with Crippen LogP contribution < -0.4 is 4.90 Å². The molecule has 0 aliphatic heterocycles. The molecule has 0 spiro atoms. The van der Waals surface area contributed by atoms with Gasteiger partial charge in [-0.15, -0.1) is 0 Å². The highest BCUT2D eigenvalue weighted by molar-refractivity contribution is 7.16. The summed E-state index contributed by atoms with van der Waals surface area (Å²) in [5, 5.41) is 0.659. The fourth-order valence-electron chi connectivity index (χ4n) is 1.49. The molecule has 0 aliphatic rings. The number of nitrogens with zero attached hydrogens (tertiary/aromatic N) is 2. The summed E-state index contributed by atoms with van der Waals surface area (Å²) >= 11 is 1.50. The van der Waals surface area contributed by atoms with Gasteiger partial charge in [0.25, 0.3) is 0 Å². The summed E-state index contributed by atoms with van der Waals surface area (Å²) < 4.78 is 0. The lowest BCUT2D eigenvalue weighted by Crippen LogP contribution is -2.06. The van der Waals surface area contributed by atoms with Gasteiger partial charge >= 0.3 is 0 Å². The van der Waals surface area contributed by atoms with E-state index in [1.165, 1.54) is 16.2 Å². The Morgan fingerprint density at radius 1 is 1.18 bits per heavy atom. The summed E-state index contributed by atoms with van der Waals surface area (Å²) in [7, 11) is 0. The molecule has 0 bridgehead atoms. The highest BCUT2D eigenvalue weighted by atomic mass is 32.1. The van der Waals surface area contributed by atoms with Crippen LogP contribution in [0.4, 0.5) is 5.13 Å². The summed E-state index contributed by atoms with van der Waals surface area (Å²) in [6.45, 7) is 2.01. The summed E-state index contributed by atoms with van der Waals surface area (Å²) in [5.74, 6) is 0. The van der Waals surface area contributed by atoms with E-state index in [2.05, 4.69) is 17.1 Å². The van der Waals surface area contributed by atoms with Gasteiger partial charge in [-0.05, 0) is 6.92 Å². The van der Waals surface area contributed by atoms with Crippen molar-refractivity contribution in [2.24, 2.45) is 0 Å². The lowest BCUT2D eigenvalue weighted by atomic mass is 10.1. The molecular formula is C14H10N2S. The molecule has 17 heavy (non-hydrogen) atoms. The van der Waals surface area contributed by atoms with Gasteiger partial charge in [-0.3, -0.25) is 0 Å². The van der Waals surface area contributed by atoms with Crippen LogP contribution in [-0.4, -0.2) is 4.98 Å². The quantitative estimate of drug-likeness (QED) is 0.590. The molecule has 1 aromatic heterocycles. The number of anilines is 1. The number of aryl methyl sites for hydroxylation is 1. The molecule has 0 N–H and O–H groups in total. The van der Waals surface area contributed by atoms with Crippen molar-refractivity contribution < 1.29 is 0 Å². The number of hydrogen-bond acceptors (Lipinski definition) is 3. The van der Waals surface area contributed by atoms with Gasteiger partial charge in [-0.1, -0.05) is 54.5 Å². The molecule has 0 saturated carbocycles. The predicted octanol–water partition coefficient (Wildman–Crippen LogP) is 3.11. The first-order valence-electron chi connectivity index (χ1n) is 5.01. The molecule has 0 atom stereocenters. The first kappa shape index (κ1) is 11.3. The van der Waals surface area contributed by atoms with Crippen LogP contribution in [0.1, 0.15) is 4.88 Å². The third kappa shape index (κ3) is 2.15. The van der Waals surface area contributed by atoms with Crippen LogP contribution >= 0.6 is 11.3 Å². The maximum absolute atomic E-state index is 5.31. The van der Waals surface area contributed by atoms with Crippen molar-refractivity contribution in [1.82, 2.24) is 4.98 Å². The van der Waals surface area contributed by atoms with E-state index in [0.29, 0.717) is 5.13 Å². The Kier molecular flexibility index (Phi) is 3.14. The molecule has 0 radical (unpaired) electrons. The van der Waals surface area contributed by atoms with E-state index in [0.717, 1.165) is 16.1 Å². The van der Waals surface area contributed by atoms with Gasteiger partial charge in [-0.25, -0.2) is 9.88 Å². The summed E-state index contributed by atoms with van der Waals surface area (Å²) in [4.78, 5) is 6.93. The molecule has 0 saturated heterocycles. The van der Waals surface area contributed by atoms with Crippen LogP contribution in [0.2, 0.25) is 0 Å². The smallest absolute Gasteiger partial charge is 0.210 e. The fraction of sp³-hybridized carbons (Fsp3) is 0.0714. The van der Waals surface area contributed by atoms with Crippen molar-refractivity contribution in [2.45, 2.75) is 6.92 Å². The van der Waals surface area contributed by atoms with Crippen molar-refractivity contribution in [1.29, 1.82) is 0 Å². The molecule has 1 aromatic carbocycles. The summed E-state index contributed by atoms with van der Waals surface area (Å²) in [6, 6.07) is 14.8. The molecular weight excluding hydrogens is 228 g/mol. The van der Waals surface area contributed by atoms with Crippen LogP contribution in [0.3, 0.4) is 0 Å². The Labute approximate surface area is 105 Å². The highest BCUT2D eigenvalue weighted by Crippen LogP contribution is 2.31. The lowest BCUT2D eigenvalue weighted by Gasteiger charge is -2.02. The van der Waals surface area contributed by atoms with E-state index < -0.39 is 0 Å². The average molecular weight is 238 g/mol. The van der Waals surface area contributed by atoms with Crippen LogP contribution in [0, 0.1) is 31.9 Å². The summed E-state index contributed by atoms with van der Waals surface area (Å²) in [5.41, 5.74) is 2.00. The number of aromatic nitrogens is 1. The maximum atomic E-state index is 5.31. The number of thiazole rings is 1. The van der Waals surface area contributed by atoms with Crippen molar-refractivity contribution in [2.75, 3.05) is 4.90 Å². The Morgan fingerprint density at radius 3 is 2.41 bits per heavy atom. The standard InChI is InChI=1S/C14H10N2S/c1-4-16(5-2)14-15-13(11(3)17-14)12-9-7-6-8-10-12/h1-2,6-10H,3H3. The molecule has 1 heterocycles. The second-order valence-corrected chi connectivity index (χ2v) is 4.54. The van der Waals surface area contributed by atoms with E-state index in [4.69, 9.17) is 12.8 Å². The first-order valence-corrected chi connectivity index (χ1v) is 5.83. The summed E-state index contributed by atoms with van der Waals surface area (Å²) in [6.07, 6.45) is 10.6. The molecule has 0 fully saturated rings. The molecule has 2 rings (SSSR count). The molecule has 82 valence electrons. The van der Waals surface area contributed by atoms with Gasteiger partial charge < -0.3 is 0 Å². The van der Waals surface area contributed by atoms with Crippen molar-refractivity contribution >= 4 is 16.5 Å². The monoisotopic (exact) mass is 238 g/mol. The maximum Gasteiger partial charge on any atom is 0.210 e. The minimum atomic E-state index is 0.659. The molecule has 2 nitrogen and oxygen atoms in total. The number of terminal acetylenes is 2. The van der Waals surface area contributed by atoms with E-state index in [9.17, 15) is 0 Å². The largest absolute Gasteiger partial charge is 0.218 e. The van der Waals surface area contributed by atoms with Gasteiger partial charge in [0.1, 0.15) is 0 Å². The van der Waals surface area contributed by atoms with Crippen LogP contribution in [0.5, 0.6) is 0 Å². The first-order chi connectivity index (χ1) is 8.26. The molecule has 2 aromatic rings. The molecule has 3 heteroatoms. The normalized spacial score (nSPS) is 9.35. The van der Waals surface area contributed by atoms with Gasteiger partial charge in [0, 0.05) is 22.5 Å². The lowest BCUT2D eigenvalue weighted by molar-refractivity contribution is 1.29. The van der Waals surface area contributed by atoms with Gasteiger partial charge in [0.05, 0.1) is 5.69 Å². The number of benzene rings is 1. The fourth-order valence-corrected chi connectivity index (χ4v) is 2.36. The molecule has 0 aliphatic carbocycles. The van der Waals surface area contributed by atoms with Crippen molar-refractivity contribution in [3.63, 3.8) is 0 Å². The SMILES string of the molecule is C#CN(C#C)c1nc(-c2ccccc2)c(C)s1. The van der Waals surface area contributed by atoms with Crippen molar-refractivity contribution in [3.05, 3.63) is 35.2 Å². The van der Waals surface area contributed by atoms with Crippen molar-refractivity contribution in [3.8, 4) is 36.2 Å². The minimum absolute atomic E-state index is 0.659. The van der Waals surface area contributed by atoms with Gasteiger partial charge in [-0.2, -0.15) is 0 Å². The second-order valence-electron chi connectivity index (χ2n) is 3.36. The predicted molar refractivity (Wildman–Crippen MR) is 72.4 cm³/mol. The van der Waals surface area contributed by atoms with E-state index in [-0.39, 0.29) is 0 Å². The van der Waals surface area contributed by atoms with Gasteiger partial charge in [0.15, 0.2) is 0 Å². The van der Waals surface area contributed by atoms with E-state index in [1.807, 2.05) is 37.3 Å². The topological polar surface area (TPSA) is 16.1 Å². The molecule has 0 unspecified atom stereocenters. The zero-order chi connectivity index (χ0) is 12.3. The number of hydrogen-bond donors (Lipinski definition) is 0. The van der Waals surface area contributed by atoms with Gasteiger partial charge in [0.2, 0.25) is 5.13 Å². The van der Waals surface area contributed by atoms with Crippen LogP contribution in [0.25, 0.3) is 11.3 Å². The Bertz CT molecular complexity index is 585. The Morgan fingerprint density at radius 2 is 1.82 bits per heavy atom. The molecule has 0 amide bonds. The third-order valence-electron chi connectivity index (χ3n) is 2.28. The second kappa shape index (κ2) is 4.74. The third-order valence-corrected chi connectivity index (χ3v) is 3.24. The van der Waals surface area contributed by atoms with Crippen LogP contribution in [-0.2, 0) is 0 Å². The van der Waals surface area contributed by atoms with Crippen LogP contribution in [0.15, 0.2) is 30.3 Å². The number of rotatable bonds is 2. The minimum Gasteiger partial charge on any atom is -0.218 e. The Balaban J connectivity index is 2.46.